The zero-order valence-electron chi connectivity index (χ0n) is 15.6. The number of aryl methyl sites for hydroxylation is 1. The molecule has 3 rings (SSSR count). The van der Waals surface area contributed by atoms with E-state index in [1.54, 1.807) is 19.2 Å². The molecule has 28 heavy (non-hydrogen) atoms. The van der Waals surface area contributed by atoms with Crippen molar-refractivity contribution in [2.24, 2.45) is 0 Å². The van der Waals surface area contributed by atoms with Gasteiger partial charge in [-0.1, -0.05) is 65.9 Å². The number of methoxy groups -OCH3 is 1. The van der Waals surface area contributed by atoms with Crippen LogP contribution in [0.5, 0.6) is 5.75 Å². The second-order valence-corrected chi connectivity index (χ2v) is 7.92. The molecule has 7 heteroatoms. The van der Waals surface area contributed by atoms with E-state index in [0.717, 1.165) is 11.1 Å². The maximum absolute atomic E-state index is 12.7. The molecule has 2 aromatic carbocycles. The summed E-state index contributed by atoms with van der Waals surface area (Å²) in [4.78, 5) is 27.0. The Kier molecular flexibility index (Phi) is 6.49. The molecular weight excluding hydrogens is 392 g/mol. The van der Waals surface area contributed by atoms with Gasteiger partial charge in [-0.15, -0.1) is 0 Å². The van der Waals surface area contributed by atoms with E-state index in [1.165, 1.54) is 16.7 Å². The number of thioether (sulfide) groups is 1. The molecule has 0 saturated carbocycles. The Hall–Kier alpha value is -2.64. The zero-order chi connectivity index (χ0) is 20.1. The van der Waals surface area contributed by atoms with Gasteiger partial charge >= 0.3 is 0 Å². The number of amides is 2. The molecular formula is C21H20N2O3S2. The summed E-state index contributed by atoms with van der Waals surface area (Å²) >= 11 is 6.59. The van der Waals surface area contributed by atoms with E-state index in [0.29, 0.717) is 20.7 Å². The lowest BCUT2D eigenvalue weighted by Gasteiger charge is -2.15. The van der Waals surface area contributed by atoms with Gasteiger partial charge in [0.25, 0.3) is 5.91 Å². The van der Waals surface area contributed by atoms with Gasteiger partial charge in [0, 0.05) is 13.0 Å². The molecule has 0 aliphatic carbocycles. The Bertz CT molecular complexity index is 939. The van der Waals surface area contributed by atoms with Crippen molar-refractivity contribution in [2.75, 3.05) is 19.0 Å². The van der Waals surface area contributed by atoms with E-state index in [9.17, 15) is 9.59 Å². The Morgan fingerprint density at radius 2 is 1.93 bits per heavy atom. The minimum Gasteiger partial charge on any atom is -0.495 e. The molecule has 0 aromatic heterocycles. The van der Waals surface area contributed by atoms with Gasteiger partial charge in [0.1, 0.15) is 10.1 Å². The number of anilines is 1. The fourth-order valence-corrected chi connectivity index (χ4v) is 3.99. The van der Waals surface area contributed by atoms with Crippen molar-refractivity contribution < 1.29 is 14.3 Å². The molecule has 2 aromatic rings. The fraction of sp³-hybridized carbons (Fsp3) is 0.190. The summed E-state index contributed by atoms with van der Waals surface area (Å²) in [7, 11) is 1.55. The third-order valence-electron chi connectivity index (χ3n) is 4.19. The van der Waals surface area contributed by atoms with Crippen molar-refractivity contribution in [3.05, 3.63) is 64.6 Å². The first-order valence-corrected chi connectivity index (χ1v) is 9.95. The first-order chi connectivity index (χ1) is 13.5. The molecule has 0 spiro atoms. The van der Waals surface area contributed by atoms with Crippen molar-refractivity contribution in [1.82, 2.24) is 4.90 Å². The van der Waals surface area contributed by atoms with Crippen LogP contribution in [-0.2, 0) is 9.59 Å². The molecule has 2 amide bonds. The van der Waals surface area contributed by atoms with Crippen LogP contribution in [-0.4, -0.2) is 34.7 Å². The lowest BCUT2D eigenvalue weighted by atomic mass is 10.1. The molecule has 1 aliphatic rings. The van der Waals surface area contributed by atoms with Crippen molar-refractivity contribution in [1.29, 1.82) is 0 Å². The number of hydrogen-bond acceptors (Lipinski definition) is 5. The molecule has 1 N–H and O–H groups in total. The lowest BCUT2D eigenvalue weighted by molar-refractivity contribution is -0.122. The van der Waals surface area contributed by atoms with Gasteiger partial charge in [-0.3, -0.25) is 14.5 Å². The van der Waals surface area contributed by atoms with Crippen LogP contribution in [0, 0.1) is 6.92 Å². The summed E-state index contributed by atoms with van der Waals surface area (Å²) in [5, 5.41) is 2.80. The maximum Gasteiger partial charge on any atom is 0.266 e. The van der Waals surface area contributed by atoms with Crippen molar-refractivity contribution in [2.45, 2.75) is 13.3 Å². The highest BCUT2D eigenvalue weighted by atomic mass is 32.2. The van der Waals surface area contributed by atoms with E-state index in [1.807, 2.05) is 49.4 Å². The fourth-order valence-electron chi connectivity index (χ4n) is 2.68. The molecule has 0 radical (unpaired) electrons. The number of carbonyl (C=O) groups is 2. The number of rotatable bonds is 6. The Morgan fingerprint density at radius 1 is 1.21 bits per heavy atom. The molecule has 5 nitrogen and oxygen atoms in total. The number of carbonyl (C=O) groups excluding carboxylic acids is 2. The Labute approximate surface area is 173 Å². The van der Waals surface area contributed by atoms with Gasteiger partial charge in [0.05, 0.1) is 17.7 Å². The highest BCUT2D eigenvalue weighted by Gasteiger charge is 2.32. The van der Waals surface area contributed by atoms with Gasteiger partial charge in [-0.05, 0) is 30.7 Å². The molecule has 0 atom stereocenters. The molecule has 0 unspecified atom stereocenters. The standard InChI is InChI=1S/C21H20N2O3S2/c1-14-7-9-15(10-8-14)13-18-20(25)23(21(27)28-18)12-11-19(24)22-16-5-3-4-6-17(16)26-2/h3-10,13H,11-12H2,1-2H3,(H,22,24)/b18-13-. The van der Waals surface area contributed by atoms with Crippen LogP contribution in [0.4, 0.5) is 5.69 Å². The largest absolute Gasteiger partial charge is 0.495 e. The maximum atomic E-state index is 12.7. The number of para-hydroxylation sites is 2. The van der Waals surface area contributed by atoms with Crippen LogP contribution in [0.15, 0.2) is 53.4 Å². The van der Waals surface area contributed by atoms with E-state index in [4.69, 9.17) is 17.0 Å². The highest BCUT2D eigenvalue weighted by molar-refractivity contribution is 8.26. The van der Waals surface area contributed by atoms with Crippen LogP contribution in [0.2, 0.25) is 0 Å². The van der Waals surface area contributed by atoms with Gasteiger partial charge < -0.3 is 10.1 Å². The molecule has 1 heterocycles. The highest BCUT2D eigenvalue weighted by Crippen LogP contribution is 2.32. The summed E-state index contributed by atoms with van der Waals surface area (Å²) in [5.74, 6) is 0.212. The zero-order valence-corrected chi connectivity index (χ0v) is 17.2. The predicted octanol–water partition coefficient (Wildman–Crippen LogP) is 4.23. The van der Waals surface area contributed by atoms with Crippen LogP contribution in [0.1, 0.15) is 17.5 Å². The number of nitrogens with one attached hydrogen (secondary N) is 1. The van der Waals surface area contributed by atoms with Gasteiger partial charge in [-0.25, -0.2) is 0 Å². The normalized spacial score (nSPS) is 15.2. The van der Waals surface area contributed by atoms with Crippen LogP contribution >= 0.6 is 24.0 Å². The second-order valence-electron chi connectivity index (χ2n) is 6.24. The lowest BCUT2D eigenvalue weighted by Crippen LogP contribution is -2.31. The van der Waals surface area contributed by atoms with E-state index < -0.39 is 0 Å². The average molecular weight is 413 g/mol. The number of nitrogens with zero attached hydrogens (tertiary/aromatic N) is 1. The summed E-state index contributed by atoms with van der Waals surface area (Å²) in [6.07, 6.45) is 1.97. The molecule has 1 fully saturated rings. The van der Waals surface area contributed by atoms with Crippen molar-refractivity contribution in [3.8, 4) is 5.75 Å². The van der Waals surface area contributed by atoms with E-state index in [-0.39, 0.29) is 24.8 Å². The number of thiocarbonyl (C=S) groups is 1. The second kappa shape index (κ2) is 9.03. The van der Waals surface area contributed by atoms with Gasteiger partial charge in [0.2, 0.25) is 5.91 Å². The SMILES string of the molecule is COc1ccccc1NC(=O)CCN1C(=O)/C(=C/c2ccc(C)cc2)SC1=S. The minimum atomic E-state index is -0.207. The van der Waals surface area contributed by atoms with Crippen LogP contribution in [0.3, 0.4) is 0 Å². The summed E-state index contributed by atoms with van der Waals surface area (Å²) in [6, 6.07) is 15.1. The molecule has 1 saturated heterocycles. The number of hydrogen-bond donors (Lipinski definition) is 1. The Morgan fingerprint density at radius 3 is 2.64 bits per heavy atom. The van der Waals surface area contributed by atoms with Gasteiger partial charge in [-0.2, -0.15) is 0 Å². The van der Waals surface area contributed by atoms with Crippen LogP contribution < -0.4 is 10.1 Å². The summed E-state index contributed by atoms with van der Waals surface area (Å²) in [5.41, 5.74) is 2.70. The summed E-state index contributed by atoms with van der Waals surface area (Å²) < 4.78 is 5.69. The van der Waals surface area contributed by atoms with Crippen LogP contribution in [0.25, 0.3) is 6.08 Å². The van der Waals surface area contributed by atoms with Crippen molar-refractivity contribution >= 4 is 51.9 Å². The number of ether oxygens (including phenoxy) is 1. The third kappa shape index (κ3) is 4.79. The van der Waals surface area contributed by atoms with E-state index >= 15 is 0 Å². The van der Waals surface area contributed by atoms with E-state index in [2.05, 4.69) is 5.32 Å². The summed E-state index contributed by atoms with van der Waals surface area (Å²) in [6.45, 7) is 2.25. The topological polar surface area (TPSA) is 58.6 Å². The number of benzene rings is 2. The Balaban J connectivity index is 1.61. The van der Waals surface area contributed by atoms with Crippen molar-refractivity contribution in [3.63, 3.8) is 0 Å². The average Bonchev–Trinajstić information content (AvgIpc) is 2.95. The molecule has 144 valence electrons. The first kappa shape index (κ1) is 20.1. The molecule has 0 bridgehead atoms. The molecule has 1 aliphatic heterocycles. The third-order valence-corrected chi connectivity index (χ3v) is 5.57. The first-order valence-electron chi connectivity index (χ1n) is 8.73. The quantitative estimate of drug-likeness (QED) is 0.568. The van der Waals surface area contributed by atoms with Gasteiger partial charge in [0.15, 0.2) is 0 Å². The minimum absolute atomic E-state index is 0.141. The smallest absolute Gasteiger partial charge is 0.266 e. The monoisotopic (exact) mass is 412 g/mol. The predicted molar refractivity (Wildman–Crippen MR) is 117 cm³/mol.